The summed E-state index contributed by atoms with van der Waals surface area (Å²) in [5, 5.41) is 0.905. The van der Waals surface area contributed by atoms with Crippen LogP contribution in [-0.4, -0.2) is 18.6 Å². The van der Waals surface area contributed by atoms with E-state index in [1.54, 1.807) is 6.20 Å². The molecular weight excluding hydrogens is 192 g/mol. The number of aromatic nitrogens is 1. The number of hydrogen-bond acceptors (Lipinski definition) is 3. The molecule has 4 heteroatoms. The molecule has 0 aromatic carbocycles. The Morgan fingerprint density at radius 1 is 1.75 bits per heavy atom. The second kappa shape index (κ2) is 4.34. The van der Waals surface area contributed by atoms with Crippen LogP contribution in [0.2, 0.25) is 4.34 Å². The Kier molecular flexibility index (Phi) is 3.39. The molecule has 2 nitrogen and oxygen atoms in total. The molecule has 0 bridgehead atoms. The highest BCUT2D eigenvalue weighted by Gasteiger charge is 2.03. The Hall–Kier alpha value is -0.720. The Morgan fingerprint density at radius 2 is 2.50 bits per heavy atom. The highest BCUT2D eigenvalue weighted by atomic mass is 35.5. The van der Waals surface area contributed by atoms with Gasteiger partial charge in [0, 0.05) is 7.05 Å². The van der Waals surface area contributed by atoms with Gasteiger partial charge < -0.3 is 4.90 Å². The molecule has 0 aliphatic carbocycles. The fourth-order valence-electron chi connectivity index (χ4n) is 0.688. The first kappa shape index (κ1) is 9.37. The van der Waals surface area contributed by atoms with Crippen molar-refractivity contribution in [3.05, 3.63) is 10.5 Å². The third-order valence-electron chi connectivity index (χ3n) is 1.28. The van der Waals surface area contributed by atoms with Gasteiger partial charge in [0.15, 0.2) is 5.13 Å². The van der Waals surface area contributed by atoms with Crippen molar-refractivity contribution in [2.45, 2.75) is 6.92 Å². The average Bonchev–Trinajstić information content (AvgIpc) is 2.47. The van der Waals surface area contributed by atoms with E-state index in [2.05, 4.69) is 16.8 Å². The lowest BCUT2D eigenvalue weighted by Crippen LogP contribution is -2.16. The van der Waals surface area contributed by atoms with Gasteiger partial charge in [-0.2, -0.15) is 0 Å². The highest BCUT2D eigenvalue weighted by Crippen LogP contribution is 2.24. The summed E-state index contributed by atoms with van der Waals surface area (Å²) in [7, 11) is 1.94. The quantitative estimate of drug-likeness (QED) is 0.681. The normalized spacial score (nSPS) is 8.92. The molecule has 12 heavy (non-hydrogen) atoms. The summed E-state index contributed by atoms with van der Waals surface area (Å²) < 4.78 is 0.710. The largest absolute Gasteiger partial charge is 0.340 e. The minimum absolute atomic E-state index is 0.695. The van der Waals surface area contributed by atoms with Gasteiger partial charge in [-0.05, 0) is 6.92 Å². The van der Waals surface area contributed by atoms with Crippen LogP contribution in [0.5, 0.6) is 0 Å². The van der Waals surface area contributed by atoms with Crippen molar-refractivity contribution >= 4 is 28.1 Å². The first-order valence-electron chi connectivity index (χ1n) is 3.46. The van der Waals surface area contributed by atoms with Crippen LogP contribution in [0.3, 0.4) is 0 Å². The van der Waals surface area contributed by atoms with Crippen LogP contribution in [0, 0.1) is 11.8 Å². The second-order valence-electron chi connectivity index (χ2n) is 2.23. The van der Waals surface area contributed by atoms with E-state index in [9.17, 15) is 0 Å². The molecule has 0 radical (unpaired) electrons. The predicted molar refractivity (Wildman–Crippen MR) is 53.8 cm³/mol. The second-order valence-corrected chi connectivity index (χ2v) is 3.87. The summed E-state index contributed by atoms with van der Waals surface area (Å²) in [4.78, 5) is 6.08. The summed E-state index contributed by atoms with van der Waals surface area (Å²) in [5.74, 6) is 5.78. The Balaban J connectivity index is 2.62. The molecule has 0 aliphatic heterocycles. The third-order valence-corrected chi connectivity index (χ3v) is 2.51. The van der Waals surface area contributed by atoms with E-state index in [0.29, 0.717) is 10.9 Å². The van der Waals surface area contributed by atoms with Crippen molar-refractivity contribution in [1.82, 2.24) is 4.98 Å². The Labute approximate surface area is 81.2 Å². The molecule has 1 aromatic heterocycles. The van der Waals surface area contributed by atoms with Crippen LogP contribution >= 0.6 is 22.9 Å². The van der Waals surface area contributed by atoms with Gasteiger partial charge in [0.2, 0.25) is 0 Å². The van der Waals surface area contributed by atoms with E-state index in [1.165, 1.54) is 11.3 Å². The van der Waals surface area contributed by atoms with Crippen molar-refractivity contribution in [3.63, 3.8) is 0 Å². The molecule has 0 fully saturated rings. The zero-order valence-electron chi connectivity index (χ0n) is 6.97. The van der Waals surface area contributed by atoms with Gasteiger partial charge in [-0.3, -0.25) is 0 Å². The van der Waals surface area contributed by atoms with E-state index in [-0.39, 0.29) is 0 Å². The topological polar surface area (TPSA) is 16.1 Å². The van der Waals surface area contributed by atoms with Gasteiger partial charge in [0.05, 0.1) is 12.7 Å². The molecule has 0 N–H and O–H groups in total. The molecule has 0 aliphatic rings. The summed E-state index contributed by atoms with van der Waals surface area (Å²) in [5.41, 5.74) is 0. The third kappa shape index (κ3) is 2.40. The maximum Gasteiger partial charge on any atom is 0.187 e. The number of hydrogen-bond donors (Lipinski definition) is 0. The monoisotopic (exact) mass is 200 g/mol. The lowest BCUT2D eigenvalue weighted by atomic mass is 10.5. The molecule has 0 unspecified atom stereocenters. The number of halogens is 1. The number of nitrogens with zero attached hydrogens (tertiary/aromatic N) is 2. The zero-order valence-corrected chi connectivity index (χ0v) is 8.54. The van der Waals surface area contributed by atoms with E-state index in [0.717, 1.165) is 5.13 Å². The summed E-state index contributed by atoms with van der Waals surface area (Å²) >= 11 is 7.19. The Bertz CT molecular complexity index is 310. The first-order chi connectivity index (χ1) is 5.74. The SMILES string of the molecule is CC#CCN(C)c1ncc(Cl)s1. The van der Waals surface area contributed by atoms with Gasteiger partial charge in [0.25, 0.3) is 0 Å². The molecular formula is C8H9ClN2S. The summed E-state index contributed by atoms with van der Waals surface area (Å²) in [6.45, 7) is 2.52. The summed E-state index contributed by atoms with van der Waals surface area (Å²) in [6.07, 6.45) is 1.65. The lowest BCUT2D eigenvalue weighted by Gasteiger charge is -2.10. The molecule has 1 aromatic rings. The van der Waals surface area contributed by atoms with E-state index < -0.39 is 0 Å². The molecule has 0 saturated heterocycles. The van der Waals surface area contributed by atoms with Crippen molar-refractivity contribution in [3.8, 4) is 11.8 Å². The van der Waals surface area contributed by atoms with Gasteiger partial charge in [-0.15, -0.1) is 5.92 Å². The van der Waals surface area contributed by atoms with E-state index >= 15 is 0 Å². The van der Waals surface area contributed by atoms with Crippen LogP contribution in [-0.2, 0) is 0 Å². The maximum atomic E-state index is 5.73. The van der Waals surface area contributed by atoms with E-state index in [1.807, 2.05) is 18.9 Å². The molecule has 64 valence electrons. The van der Waals surface area contributed by atoms with Crippen molar-refractivity contribution < 1.29 is 0 Å². The highest BCUT2D eigenvalue weighted by molar-refractivity contribution is 7.19. The standard InChI is InChI=1S/C8H9ClN2S/c1-3-4-5-11(2)8-10-6-7(9)12-8/h6H,5H2,1-2H3. The van der Waals surface area contributed by atoms with Crippen LogP contribution in [0.4, 0.5) is 5.13 Å². The van der Waals surface area contributed by atoms with Gasteiger partial charge in [0.1, 0.15) is 4.34 Å². The van der Waals surface area contributed by atoms with Crippen molar-refractivity contribution in [2.75, 3.05) is 18.5 Å². The van der Waals surface area contributed by atoms with Crippen LogP contribution in [0.15, 0.2) is 6.20 Å². The number of rotatable bonds is 2. The molecule has 0 spiro atoms. The van der Waals surface area contributed by atoms with Gasteiger partial charge in [-0.25, -0.2) is 4.98 Å². The average molecular weight is 201 g/mol. The molecule has 0 atom stereocenters. The van der Waals surface area contributed by atoms with Crippen LogP contribution < -0.4 is 4.90 Å². The fraction of sp³-hybridized carbons (Fsp3) is 0.375. The first-order valence-corrected chi connectivity index (χ1v) is 4.65. The molecule has 1 heterocycles. The molecule has 1 rings (SSSR count). The Morgan fingerprint density at radius 3 is 3.00 bits per heavy atom. The summed E-state index contributed by atoms with van der Waals surface area (Å²) in [6, 6.07) is 0. The van der Waals surface area contributed by atoms with Crippen molar-refractivity contribution in [2.24, 2.45) is 0 Å². The molecule has 0 saturated carbocycles. The molecule has 0 amide bonds. The number of thiazole rings is 1. The van der Waals surface area contributed by atoms with Crippen LogP contribution in [0.25, 0.3) is 0 Å². The number of anilines is 1. The minimum atomic E-state index is 0.695. The smallest absolute Gasteiger partial charge is 0.187 e. The minimum Gasteiger partial charge on any atom is -0.340 e. The van der Waals surface area contributed by atoms with E-state index in [4.69, 9.17) is 11.6 Å². The lowest BCUT2D eigenvalue weighted by molar-refractivity contribution is 1.03. The van der Waals surface area contributed by atoms with Crippen LogP contribution in [0.1, 0.15) is 6.92 Å². The maximum absolute atomic E-state index is 5.73. The van der Waals surface area contributed by atoms with Crippen molar-refractivity contribution in [1.29, 1.82) is 0 Å². The zero-order chi connectivity index (χ0) is 8.97. The predicted octanol–water partition coefficient (Wildman–Crippen LogP) is 2.26. The fourth-order valence-corrected chi connectivity index (χ4v) is 1.55. The van der Waals surface area contributed by atoms with Gasteiger partial charge in [-0.1, -0.05) is 28.9 Å². The van der Waals surface area contributed by atoms with Gasteiger partial charge >= 0.3 is 0 Å².